The van der Waals surface area contributed by atoms with Gasteiger partial charge in [0.05, 0.1) is 0 Å². The number of sulfonamides is 1. The number of nitrogens with zero attached hydrogens (tertiary/aromatic N) is 2. The molecular weight excluding hydrogens is 442 g/mol. The Morgan fingerprint density at radius 2 is 1.78 bits per heavy atom. The Labute approximate surface area is 195 Å². The van der Waals surface area contributed by atoms with Gasteiger partial charge >= 0.3 is 0 Å². The van der Waals surface area contributed by atoms with E-state index in [1.54, 1.807) is 12.1 Å². The van der Waals surface area contributed by atoms with Gasteiger partial charge in [0.25, 0.3) is 10.0 Å². The molecule has 2 aliphatic rings. The third-order valence-corrected chi connectivity index (χ3v) is 9.72. The summed E-state index contributed by atoms with van der Waals surface area (Å²) in [5, 5.41) is 2.99. The van der Waals surface area contributed by atoms with Crippen molar-refractivity contribution in [1.82, 2.24) is 14.5 Å². The summed E-state index contributed by atoms with van der Waals surface area (Å²) in [6.07, 6.45) is 6.44. The minimum atomic E-state index is -3.64. The van der Waals surface area contributed by atoms with Crippen LogP contribution in [-0.4, -0.2) is 49.2 Å². The molecule has 0 bridgehead atoms. The van der Waals surface area contributed by atoms with Crippen molar-refractivity contribution in [2.45, 2.75) is 68.8 Å². The SMILES string of the molecule is Cc1ccc(S(=O)(=O)N2CCCC2C(=O)NCc2cccc(CN3CCCCCC3)c2)s1. The van der Waals surface area contributed by atoms with Crippen LogP contribution in [0.4, 0.5) is 0 Å². The van der Waals surface area contributed by atoms with Crippen molar-refractivity contribution in [1.29, 1.82) is 0 Å². The smallest absolute Gasteiger partial charge is 0.253 e. The Balaban J connectivity index is 1.37. The van der Waals surface area contributed by atoms with Gasteiger partial charge in [0.1, 0.15) is 10.3 Å². The van der Waals surface area contributed by atoms with Gasteiger partial charge in [-0.15, -0.1) is 11.3 Å². The molecule has 1 N–H and O–H groups in total. The van der Waals surface area contributed by atoms with Crippen LogP contribution in [0.5, 0.6) is 0 Å². The van der Waals surface area contributed by atoms with Crippen molar-refractivity contribution in [3.05, 3.63) is 52.4 Å². The standard InChI is InChI=1S/C24H33N3O3S2/c1-19-11-12-23(31-19)32(29,30)27-15-7-10-22(27)24(28)25-17-20-8-6-9-21(16-20)18-26-13-4-2-3-5-14-26/h6,8-9,11-12,16,22H,2-5,7,10,13-15,17-18H2,1H3,(H,25,28). The summed E-state index contributed by atoms with van der Waals surface area (Å²) < 4.78 is 27.8. The Hall–Kier alpha value is -1.74. The number of thiophene rings is 1. The lowest BCUT2D eigenvalue weighted by atomic mass is 10.1. The number of carbonyl (C=O) groups excluding carboxylic acids is 1. The van der Waals surface area contributed by atoms with E-state index in [-0.39, 0.29) is 5.91 Å². The van der Waals surface area contributed by atoms with Crippen LogP contribution in [0.1, 0.15) is 54.5 Å². The molecule has 1 aromatic carbocycles. The largest absolute Gasteiger partial charge is 0.351 e. The Morgan fingerprint density at radius 1 is 1.03 bits per heavy atom. The molecule has 8 heteroatoms. The van der Waals surface area contributed by atoms with E-state index in [0.717, 1.165) is 30.1 Å². The van der Waals surface area contributed by atoms with E-state index in [4.69, 9.17) is 0 Å². The highest BCUT2D eigenvalue weighted by Crippen LogP contribution is 2.30. The van der Waals surface area contributed by atoms with Crippen LogP contribution in [-0.2, 0) is 27.9 Å². The van der Waals surface area contributed by atoms with Crippen LogP contribution in [0.2, 0.25) is 0 Å². The van der Waals surface area contributed by atoms with Crippen LogP contribution >= 0.6 is 11.3 Å². The summed E-state index contributed by atoms with van der Waals surface area (Å²) >= 11 is 1.26. The Morgan fingerprint density at radius 3 is 2.50 bits per heavy atom. The van der Waals surface area contributed by atoms with E-state index in [1.807, 2.05) is 19.1 Å². The summed E-state index contributed by atoms with van der Waals surface area (Å²) in [5.74, 6) is -0.211. The third kappa shape index (κ3) is 5.60. The molecular formula is C24H33N3O3S2. The number of amides is 1. The monoisotopic (exact) mass is 475 g/mol. The van der Waals surface area contributed by atoms with E-state index in [9.17, 15) is 13.2 Å². The van der Waals surface area contributed by atoms with Gasteiger partial charge in [-0.2, -0.15) is 4.31 Å². The lowest BCUT2D eigenvalue weighted by Crippen LogP contribution is -2.45. The van der Waals surface area contributed by atoms with Gasteiger partial charge in [-0.05, 0) is 69.0 Å². The molecule has 2 fully saturated rings. The first-order valence-corrected chi connectivity index (χ1v) is 13.9. The van der Waals surface area contributed by atoms with E-state index in [2.05, 4.69) is 22.3 Å². The fraction of sp³-hybridized carbons (Fsp3) is 0.542. The summed E-state index contributed by atoms with van der Waals surface area (Å²) in [6, 6.07) is 11.2. The predicted octanol–water partition coefficient (Wildman–Crippen LogP) is 3.90. The first-order valence-electron chi connectivity index (χ1n) is 11.6. The lowest BCUT2D eigenvalue weighted by Gasteiger charge is -2.23. The number of rotatable bonds is 7. The fourth-order valence-electron chi connectivity index (χ4n) is 4.65. The van der Waals surface area contributed by atoms with E-state index < -0.39 is 16.1 Å². The van der Waals surface area contributed by atoms with Crippen molar-refractivity contribution in [2.75, 3.05) is 19.6 Å². The first-order chi connectivity index (χ1) is 15.4. The minimum Gasteiger partial charge on any atom is -0.351 e. The maximum absolute atomic E-state index is 13.0. The zero-order chi connectivity index (χ0) is 22.6. The average Bonchev–Trinajstić information content (AvgIpc) is 3.38. The third-order valence-electron chi connectivity index (χ3n) is 6.35. The zero-order valence-electron chi connectivity index (χ0n) is 18.8. The van der Waals surface area contributed by atoms with E-state index in [1.165, 1.54) is 46.9 Å². The van der Waals surface area contributed by atoms with Crippen molar-refractivity contribution in [3.63, 3.8) is 0 Å². The zero-order valence-corrected chi connectivity index (χ0v) is 20.4. The molecule has 1 aromatic heterocycles. The molecule has 3 heterocycles. The molecule has 2 aliphatic heterocycles. The predicted molar refractivity (Wildman–Crippen MR) is 128 cm³/mol. The second-order valence-electron chi connectivity index (χ2n) is 8.87. The molecule has 2 saturated heterocycles. The number of carbonyl (C=O) groups is 1. The summed E-state index contributed by atoms with van der Waals surface area (Å²) in [4.78, 5) is 16.4. The molecule has 1 unspecified atom stereocenters. The van der Waals surface area contributed by atoms with Gasteiger partial charge in [-0.25, -0.2) is 8.42 Å². The number of benzene rings is 1. The van der Waals surface area contributed by atoms with Gasteiger partial charge < -0.3 is 5.32 Å². The quantitative estimate of drug-likeness (QED) is 0.659. The van der Waals surface area contributed by atoms with Crippen LogP contribution in [0.25, 0.3) is 0 Å². The average molecular weight is 476 g/mol. The van der Waals surface area contributed by atoms with Gasteiger partial charge in [-0.1, -0.05) is 37.1 Å². The summed E-state index contributed by atoms with van der Waals surface area (Å²) in [6.45, 7) is 5.93. The highest BCUT2D eigenvalue weighted by Gasteiger charge is 2.39. The van der Waals surface area contributed by atoms with E-state index >= 15 is 0 Å². The molecule has 32 heavy (non-hydrogen) atoms. The maximum Gasteiger partial charge on any atom is 0.253 e. The topological polar surface area (TPSA) is 69.7 Å². The van der Waals surface area contributed by atoms with Crippen molar-refractivity contribution in [2.24, 2.45) is 0 Å². The second kappa shape index (κ2) is 10.5. The van der Waals surface area contributed by atoms with Crippen LogP contribution in [0, 0.1) is 6.92 Å². The number of aryl methyl sites for hydroxylation is 1. The van der Waals surface area contributed by atoms with Crippen molar-refractivity contribution in [3.8, 4) is 0 Å². The number of hydrogen-bond donors (Lipinski definition) is 1. The summed E-state index contributed by atoms with van der Waals surface area (Å²) in [7, 11) is -3.64. The molecule has 174 valence electrons. The van der Waals surface area contributed by atoms with Gasteiger partial charge in [-0.3, -0.25) is 9.69 Å². The highest BCUT2D eigenvalue weighted by molar-refractivity contribution is 7.91. The molecule has 4 rings (SSSR count). The highest BCUT2D eigenvalue weighted by atomic mass is 32.2. The molecule has 0 aliphatic carbocycles. The molecule has 2 aromatic rings. The molecule has 6 nitrogen and oxygen atoms in total. The van der Waals surface area contributed by atoms with Crippen molar-refractivity contribution >= 4 is 27.3 Å². The summed E-state index contributed by atoms with van der Waals surface area (Å²) in [5.41, 5.74) is 2.31. The lowest BCUT2D eigenvalue weighted by molar-refractivity contribution is -0.124. The first kappa shape index (κ1) is 23.4. The normalized spacial score (nSPS) is 20.8. The molecule has 0 radical (unpaired) electrons. The fourth-order valence-corrected chi connectivity index (χ4v) is 7.72. The van der Waals surface area contributed by atoms with Crippen LogP contribution in [0.3, 0.4) is 0 Å². The molecule has 0 spiro atoms. The van der Waals surface area contributed by atoms with Gasteiger partial charge in [0.2, 0.25) is 5.91 Å². The molecule has 0 saturated carbocycles. The maximum atomic E-state index is 13.0. The van der Waals surface area contributed by atoms with Crippen LogP contribution < -0.4 is 5.32 Å². The van der Waals surface area contributed by atoms with Crippen molar-refractivity contribution < 1.29 is 13.2 Å². The molecule has 1 amide bonds. The van der Waals surface area contributed by atoms with E-state index in [0.29, 0.717) is 30.1 Å². The number of hydrogen-bond acceptors (Lipinski definition) is 5. The van der Waals surface area contributed by atoms with Gasteiger partial charge in [0, 0.05) is 24.5 Å². The molecule has 1 atom stereocenters. The Bertz CT molecular complexity index is 1030. The van der Waals surface area contributed by atoms with Gasteiger partial charge in [0.15, 0.2) is 0 Å². The second-order valence-corrected chi connectivity index (χ2v) is 12.3. The van der Waals surface area contributed by atoms with Crippen LogP contribution in [0.15, 0.2) is 40.6 Å². The minimum absolute atomic E-state index is 0.211. The number of likely N-dealkylation sites (tertiary alicyclic amines) is 1. The number of nitrogens with one attached hydrogen (secondary N) is 1. The Kier molecular flexibility index (Phi) is 7.66.